The van der Waals surface area contributed by atoms with Crippen LogP contribution >= 0.6 is 0 Å². The number of terminal acetylenes is 2. The first-order valence-electron chi connectivity index (χ1n) is 14.6. The van der Waals surface area contributed by atoms with Gasteiger partial charge in [0.25, 0.3) is 0 Å². The molecule has 0 fully saturated rings. The fourth-order valence-electron chi connectivity index (χ4n) is 4.02. The number of rotatable bonds is 25. The molecule has 0 saturated carbocycles. The maximum Gasteiger partial charge on any atom is 0.133 e. The van der Waals surface area contributed by atoms with E-state index in [0.717, 1.165) is 12.8 Å². The first kappa shape index (κ1) is 34.0. The summed E-state index contributed by atoms with van der Waals surface area (Å²) in [7, 11) is 0. The van der Waals surface area contributed by atoms with Gasteiger partial charge >= 0.3 is 0 Å². The van der Waals surface area contributed by atoms with Crippen LogP contribution in [0.2, 0.25) is 0 Å². The quantitative estimate of drug-likeness (QED) is 0.0755. The Morgan fingerprint density at radius 2 is 0.611 bits per heavy atom. The van der Waals surface area contributed by atoms with E-state index >= 15 is 0 Å². The number of aliphatic hydroxyl groups excluding tert-OH is 2. The summed E-state index contributed by atoms with van der Waals surface area (Å²) in [5.74, 6) is 4.58. The number of hydrogen-bond acceptors (Lipinski definition) is 2. The highest BCUT2D eigenvalue weighted by Crippen LogP contribution is 2.11. The molecule has 0 rings (SSSR count). The van der Waals surface area contributed by atoms with E-state index in [0.29, 0.717) is 0 Å². The summed E-state index contributed by atoms with van der Waals surface area (Å²) in [5.41, 5.74) is 0. The smallest absolute Gasteiger partial charge is 0.133 e. The molecule has 36 heavy (non-hydrogen) atoms. The predicted octanol–water partition coefficient (Wildman–Crippen LogP) is 9.00. The minimum absolute atomic E-state index is 0.722. The second kappa shape index (κ2) is 29.2. The lowest BCUT2D eigenvalue weighted by Gasteiger charge is -2.00. The molecule has 0 aromatic carbocycles. The van der Waals surface area contributed by atoms with Crippen molar-refractivity contribution in [3.63, 3.8) is 0 Å². The molecular weight excluding hydrogens is 440 g/mol. The molecule has 0 aliphatic heterocycles. The average molecular weight is 495 g/mol. The topological polar surface area (TPSA) is 40.5 Å². The largest absolute Gasteiger partial charge is 0.377 e. The van der Waals surface area contributed by atoms with Crippen molar-refractivity contribution < 1.29 is 10.2 Å². The summed E-state index contributed by atoms with van der Waals surface area (Å²) >= 11 is 0. The van der Waals surface area contributed by atoms with Gasteiger partial charge in [0, 0.05) is 0 Å². The van der Waals surface area contributed by atoms with Crippen LogP contribution in [0.5, 0.6) is 0 Å². The van der Waals surface area contributed by atoms with Crippen LogP contribution in [0, 0.1) is 24.7 Å². The van der Waals surface area contributed by atoms with Crippen LogP contribution in [0.4, 0.5) is 0 Å². The SMILES string of the molecule is C#C[C@H](O)/C=C/CCCCCCC/C=C/CCCC/C=C/CCCCCCCCC/C=C/[C@@H](O)C#C. The third-order valence-corrected chi connectivity index (χ3v) is 6.29. The van der Waals surface area contributed by atoms with Crippen LogP contribution in [-0.4, -0.2) is 22.4 Å². The molecule has 0 spiro atoms. The van der Waals surface area contributed by atoms with Crippen molar-refractivity contribution in [2.75, 3.05) is 0 Å². The van der Waals surface area contributed by atoms with Gasteiger partial charge in [0.15, 0.2) is 0 Å². The third-order valence-electron chi connectivity index (χ3n) is 6.29. The van der Waals surface area contributed by atoms with Crippen LogP contribution in [0.15, 0.2) is 48.6 Å². The van der Waals surface area contributed by atoms with Crippen molar-refractivity contribution in [1.29, 1.82) is 0 Å². The van der Waals surface area contributed by atoms with Crippen molar-refractivity contribution in [3.05, 3.63) is 48.6 Å². The van der Waals surface area contributed by atoms with Gasteiger partial charge in [-0.1, -0.05) is 99.7 Å². The summed E-state index contributed by atoms with van der Waals surface area (Å²) in [6, 6.07) is 0. The van der Waals surface area contributed by atoms with Crippen molar-refractivity contribution in [2.24, 2.45) is 0 Å². The van der Waals surface area contributed by atoms with E-state index in [2.05, 4.69) is 36.1 Å². The van der Waals surface area contributed by atoms with E-state index in [1.165, 1.54) is 116 Å². The molecule has 0 saturated heterocycles. The van der Waals surface area contributed by atoms with Crippen molar-refractivity contribution in [1.82, 2.24) is 0 Å². The Labute approximate surface area is 224 Å². The molecular formula is C34H54O2. The van der Waals surface area contributed by atoms with E-state index in [1.807, 2.05) is 12.2 Å². The van der Waals surface area contributed by atoms with Crippen LogP contribution in [0.3, 0.4) is 0 Å². The van der Waals surface area contributed by atoms with E-state index in [4.69, 9.17) is 12.8 Å². The minimum atomic E-state index is -0.724. The molecule has 0 unspecified atom stereocenters. The van der Waals surface area contributed by atoms with Gasteiger partial charge in [-0.05, 0) is 89.2 Å². The molecule has 0 bridgehead atoms. The first-order valence-corrected chi connectivity index (χ1v) is 14.6. The molecule has 2 N–H and O–H groups in total. The van der Waals surface area contributed by atoms with Crippen molar-refractivity contribution >= 4 is 0 Å². The van der Waals surface area contributed by atoms with Gasteiger partial charge in [-0.3, -0.25) is 0 Å². The Hall–Kier alpha value is -2.00. The van der Waals surface area contributed by atoms with Gasteiger partial charge in [0.2, 0.25) is 0 Å². The molecule has 0 aliphatic rings. The molecule has 2 atom stereocenters. The fourth-order valence-corrected chi connectivity index (χ4v) is 4.02. The fraction of sp³-hybridized carbons (Fsp3) is 0.647. The molecule has 202 valence electrons. The molecule has 2 heteroatoms. The zero-order chi connectivity index (χ0) is 26.4. The Morgan fingerprint density at radius 1 is 0.389 bits per heavy atom. The number of allylic oxidation sites excluding steroid dienone is 6. The van der Waals surface area contributed by atoms with Crippen molar-refractivity contribution in [3.8, 4) is 24.7 Å². The summed E-state index contributed by atoms with van der Waals surface area (Å²) in [6.07, 6.45) is 50.6. The molecule has 0 aromatic rings. The highest BCUT2D eigenvalue weighted by atomic mass is 16.3. The lowest BCUT2D eigenvalue weighted by molar-refractivity contribution is 0.280. The maximum absolute atomic E-state index is 9.23. The summed E-state index contributed by atoms with van der Waals surface area (Å²) in [5, 5.41) is 18.4. The van der Waals surface area contributed by atoms with Gasteiger partial charge in [-0.25, -0.2) is 0 Å². The number of aliphatic hydroxyl groups is 2. The number of unbranched alkanes of at least 4 members (excludes halogenated alkanes) is 17. The van der Waals surface area contributed by atoms with Gasteiger partial charge < -0.3 is 10.2 Å². The minimum Gasteiger partial charge on any atom is -0.377 e. The first-order chi connectivity index (χ1) is 17.7. The molecule has 0 amide bonds. The summed E-state index contributed by atoms with van der Waals surface area (Å²) in [4.78, 5) is 0. The molecule has 0 heterocycles. The predicted molar refractivity (Wildman–Crippen MR) is 159 cm³/mol. The van der Waals surface area contributed by atoms with E-state index in [9.17, 15) is 10.2 Å². The average Bonchev–Trinajstić information content (AvgIpc) is 2.89. The maximum atomic E-state index is 9.23. The molecule has 2 nitrogen and oxygen atoms in total. The monoisotopic (exact) mass is 494 g/mol. The van der Waals surface area contributed by atoms with E-state index in [1.54, 1.807) is 12.2 Å². The van der Waals surface area contributed by atoms with Gasteiger partial charge in [-0.2, -0.15) is 0 Å². The summed E-state index contributed by atoms with van der Waals surface area (Å²) < 4.78 is 0. The normalized spacial score (nSPS) is 13.7. The molecule has 0 aromatic heterocycles. The zero-order valence-corrected chi connectivity index (χ0v) is 23.0. The van der Waals surface area contributed by atoms with Crippen molar-refractivity contribution in [2.45, 2.75) is 141 Å². The lowest BCUT2D eigenvalue weighted by Crippen LogP contribution is -1.95. The Morgan fingerprint density at radius 3 is 0.889 bits per heavy atom. The van der Waals surface area contributed by atoms with Gasteiger partial charge in [-0.15, -0.1) is 12.8 Å². The Balaban J connectivity index is 3.26. The van der Waals surface area contributed by atoms with Crippen LogP contribution in [0.1, 0.15) is 128 Å². The second-order valence-corrected chi connectivity index (χ2v) is 9.70. The van der Waals surface area contributed by atoms with Gasteiger partial charge in [0.1, 0.15) is 12.2 Å². The number of hydrogen-bond donors (Lipinski definition) is 2. The second-order valence-electron chi connectivity index (χ2n) is 9.70. The standard InChI is InChI=1S/C34H54O2/c1-3-33(35)31-29-27-25-23-21-19-17-15-13-11-9-7-5-6-8-10-12-14-16-18-20-22-24-26-28-30-32-34(36)4-2/h1-2,7,9,12,14,29-36H,5-6,8,10-11,13,15-28H2/b9-7+,14-12+,31-29+,32-30+/t33-,34-/m0/s1. The highest BCUT2D eigenvalue weighted by molar-refractivity contribution is 5.06. The van der Waals surface area contributed by atoms with Crippen LogP contribution in [-0.2, 0) is 0 Å². The van der Waals surface area contributed by atoms with Gasteiger partial charge in [0.05, 0.1) is 0 Å². The molecule has 0 aliphatic carbocycles. The van der Waals surface area contributed by atoms with E-state index < -0.39 is 12.2 Å². The Kier molecular flexibility index (Phi) is 27.6. The third kappa shape index (κ3) is 28.2. The highest BCUT2D eigenvalue weighted by Gasteiger charge is 1.93. The Bertz CT molecular complexity index is 656. The zero-order valence-electron chi connectivity index (χ0n) is 23.0. The lowest BCUT2D eigenvalue weighted by atomic mass is 10.1. The summed E-state index contributed by atoms with van der Waals surface area (Å²) in [6.45, 7) is 0. The van der Waals surface area contributed by atoms with E-state index in [-0.39, 0.29) is 0 Å². The van der Waals surface area contributed by atoms with Crippen LogP contribution in [0.25, 0.3) is 0 Å². The van der Waals surface area contributed by atoms with Crippen LogP contribution < -0.4 is 0 Å². The molecule has 0 radical (unpaired) electrons.